The molecule has 4 N–H and O–H groups in total. The van der Waals surface area contributed by atoms with Gasteiger partial charge in [-0.2, -0.15) is 0 Å². The summed E-state index contributed by atoms with van der Waals surface area (Å²) in [5.41, 5.74) is 4.93. The van der Waals surface area contributed by atoms with Gasteiger partial charge < -0.3 is 16.2 Å². The van der Waals surface area contributed by atoms with Gasteiger partial charge in [0.2, 0.25) is 17.0 Å². The van der Waals surface area contributed by atoms with E-state index in [-0.39, 0.29) is 11.8 Å². The monoisotopic (exact) mass is 314 g/mol. The Kier molecular flexibility index (Phi) is 4.73. The highest BCUT2D eigenvalue weighted by molar-refractivity contribution is 7.99. The lowest BCUT2D eigenvalue weighted by atomic mass is 10.2. The van der Waals surface area contributed by atoms with Crippen molar-refractivity contribution in [1.29, 1.82) is 0 Å². The summed E-state index contributed by atoms with van der Waals surface area (Å²) < 4.78 is 1.65. The lowest BCUT2D eigenvalue weighted by Crippen LogP contribution is -2.44. The summed E-state index contributed by atoms with van der Waals surface area (Å²) in [6.07, 6.45) is 1.56. The predicted octanol–water partition coefficient (Wildman–Crippen LogP) is -1.46. The number of nitrogens with two attached hydrogens (primary N) is 1. The van der Waals surface area contributed by atoms with Crippen LogP contribution in [0.1, 0.15) is 25.3 Å². The van der Waals surface area contributed by atoms with E-state index in [1.807, 2.05) is 0 Å². The summed E-state index contributed by atoms with van der Waals surface area (Å²) in [5.74, 6) is -2.68. The number of carbonyl (C=O) groups excluding carboxylic acids is 2. The van der Waals surface area contributed by atoms with Gasteiger partial charge in [-0.1, -0.05) is 11.8 Å². The van der Waals surface area contributed by atoms with Crippen molar-refractivity contribution in [3.8, 4) is 0 Å². The number of primary amides is 1. The van der Waals surface area contributed by atoms with Crippen LogP contribution >= 0.6 is 11.8 Å². The van der Waals surface area contributed by atoms with Gasteiger partial charge in [-0.25, -0.2) is 9.48 Å². The minimum atomic E-state index is -1.32. The number of rotatable bonds is 8. The molecule has 1 saturated carbocycles. The van der Waals surface area contributed by atoms with Crippen LogP contribution < -0.4 is 11.1 Å². The van der Waals surface area contributed by atoms with Gasteiger partial charge in [-0.05, 0) is 23.3 Å². The van der Waals surface area contributed by atoms with Crippen LogP contribution in [0.4, 0.5) is 0 Å². The maximum atomic E-state index is 11.7. The maximum Gasteiger partial charge on any atom is 0.326 e. The summed E-state index contributed by atoms with van der Waals surface area (Å²) in [7, 11) is 0. The zero-order chi connectivity index (χ0) is 15.4. The molecule has 0 bridgehead atoms. The Hall–Kier alpha value is -2.17. The van der Waals surface area contributed by atoms with Crippen molar-refractivity contribution in [2.45, 2.75) is 36.5 Å². The van der Waals surface area contributed by atoms with Gasteiger partial charge in [0.15, 0.2) is 0 Å². The molecular weight excluding hydrogens is 300 g/mol. The molecule has 1 aromatic heterocycles. The fourth-order valence-electron chi connectivity index (χ4n) is 1.60. The Bertz CT molecular complexity index is 557. The van der Waals surface area contributed by atoms with Crippen LogP contribution in [0.5, 0.6) is 0 Å². The van der Waals surface area contributed by atoms with E-state index in [1.165, 1.54) is 0 Å². The molecule has 1 aliphatic carbocycles. The summed E-state index contributed by atoms with van der Waals surface area (Å²) >= 11 is 1.11. The van der Waals surface area contributed by atoms with Gasteiger partial charge in [-0.3, -0.25) is 9.59 Å². The zero-order valence-corrected chi connectivity index (χ0v) is 11.7. The zero-order valence-electron chi connectivity index (χ0n) is 10.9. The topological polar surface area (TPSA) is 153 Å². The molecule has 1 atom stereocenters. The van der Waals surface area contributed by atoms with Crippen molar-refractivity contribution < 1.29 is 19.5 Å². The molecule has 1 heterocycles. The van der Waals surface area contributed by atoms with E-state index in [1.54, 1.807) is 4.68 Å². The highest BCUT2D eigenvalue weighted by Gasteiger charge is 2.28. The highest BCUT2D eigenvalue weighted by atomic mass is 32.2. The van der Waals surface area contributed by atoms with Crippen LogP contribution in [-0.4, -0.2) is 54.9 Å². The Morgan fingerprint density at radius 2 is 2.19 bits per heavy atom. The number of carboxylic acids is 1. The normalized spacial score (nSPS) is 15.4. The Balaban J connectivity index is 1.84. The molecule has 1 aliphatic rings. The first-order valence-corrected chi connectivity index (χ1v) is 7.17. The SMILES string of the molecule is NC(=O)CC(NC(=O)CSc1nnnn1C1CC1)C(=O)O. The van der Waals surface area contributed by atoms with Crippen LogP contribution in [0.15, 0.2) is 5.16 Å². The number of nitrogens with zero attached hydrogens (tertiary/aromatic N) is 4. The molecule has 0 aromatic carbocycles. The average Bonchev–Trinajstić information content (AvgIpc) is 3.14. The van der Waals surface area contributed by atoms with Gasteiger partial charge in [-0.15, -0.1) is 5.10 Å². The smallest absolute Gasteiger partial charge is 0.326 e. The summed E-state index contributed by atoms with van der Waals surface area (Å²) in [5, 5.41) is 22.8. The largest absolute Gasteiger partial charge is 0.480 e. The molecule has 0 saturated heterocycles. The number of carboxylic acid groups (broad SMARTS) is 1. The van der Waals surface area contributed by atoms with Crippen molar-refractivity contribution >= 4 is 29.5 Å². The summed E-state index contributed by atoms with van der Waals surface area (Å²) in [6, 6.07) is -1.04. The first-order chi connectivity index (χ1) is 9.97. The van der Waals surface area contributed by atoms with Gasteiger partial charge in [0, 0.05) is 0 Å². The second-order valence-corrected chi connectivity index (χ2v) is 5.50. The van der Waals surface area contributed by atoms with E-state index >= 15 is 0 Å². The maximum absolute atomic E-state index is 11.7. The number of carbonyl (C=O) groups is 3. The third-order valence-electron chi connectivity index (χ3n) is 2.73. The molecule has 2 amide bonds. The minimum Gasteiger partial charge on any atom is -0.480 e. The van der Waals surface area contributed by atoms with Crippen molar-refractivity contribution in [2.75, 3.05) is 5.75 Å². The fourth-order valence-corrected chi connectivity index (χ4v) is 2.35. The van der Waals surface area contributed by atoms with Gasteiger partial charge in [0.1, 0.15) is 6.04 Å². The van der Waals surface area contributed by atoms with Crippen LogP contribution in [0, 0.1) is 0 Å². The molecule has 11 heteroatoms. The first kappa shape index (κ1) is 15.2. The predicted molar refractivity (Wildman–Crippen MR) is 70.2 cm³/mol. The number of nitrogens with one attached hydrogen (secondary N) is 1. The number of thioether (sulfide) groups is 1. The molecule has 1 aromatic rings. The van der Waals surface area contributed by atoms with Crippen LogP contribution in [-0.2, 0) is 14.4 Å². The molecule has 21 heavy (non-hydrogen) atoms. The number of aliphatic carboxylic acids is 1. The number of tetrazole rings is 1. The number of aromatic nitrogens is 4. The van der Waals surface area contributed by atoms with E-state index in [0.29, 0.717) is 5.16 Å². The highest BCUT2D eigenvalue weighted by Crippen LogP contribution is 2.36. The van der Waals surface area contributed by atoms with Crippen LogP contribution in [0.25, 0.3) is 0 Å². The molecule has 2 rings (SSSR count). The van der Waals surface area contributed by atoms with E-state index in [2.05, 4.69) is 20.8 Å². The molecule has 1 unspecified atom stereocenters. The van der Waals surface area contributed by atoms with Crippen molar-refractivity contribution in [2.24, 2.45) is 5.73 Å². The van der Waals surface area contributed by atoms with E-state index < -0.39 is 30.2 Å². The number of amides is 2. The van der Waals surface area contributed by atoms with Crippen molar-refractivity contribution in [1.82, 2.24) is 25.5 Å². The average molecular weight is 314 g/mol. The van der Waals surface area contributed by atoms with Crippen LogP contribution in [0.2, 0.25) is 0 Å². The lowest BCUT2D eigenvalue weighted by Gasteiger charge is -2.12. The third kappa shape index (κ3) is 4.41. The third-order valence-corrected chi connectivity index (χ3v) is 3.66. The standard InChI is InChI=1S/C10H14N6O4S/c11-7(17)3-6(9(19)20)12-8(18)4-21-10-13-14-15-16(10)5-1-2-5/h5-6H,1-4H2,(H2,11,17)(H,12,18)(H,19,20). The molecule has 0 spiro atoms. The summed E-state index contributed by atoms with van der Waals surface area (Å²) in [6.45, 7) is 0. The molecule has 0 aliphatic heterocycles. The van der Waals surface area contributed by atoms with Gasteiger partial charge in [0.05, 0.1) is 18.2 Å². The quantitative estimate of drug-likeness (QED) is 0.492. The molecule has 1 fully saturated rings. The first-order valence-electron chi connectivity index (χ1n) is 6.18. The van der Waals surface area contributed by atoms with E-state index in [9.17, 15) is 14.4 Å². The minimum absolute atomic E-state index is 0.0460. The van der Waals surface area contributed by atoms with Crippen LogP contribution in [0.3, 0.4) is 0 Å². The Morgan fingerprint density at radius 1 is 1.48 bits per heavy atom. The summed E-state index contributed by atoms with van der Waals surface area (Å²) in [4.78, 5) is 33.3. The molecule has 0 radical (unpaired) electrons. The van der Waals surface area contributed by atoms with E-state index in [4.69, 9.17) is 10.8 Å². The van der Waals surface area contributed by atoms with Gasteiger partial charge >= 0.3 is 5.97 Å². The molecule has 10 nitrogen and oxygen atoms in total. The fraction of sp³-hybridized carbons (Fsp3) is 0.600. The van der Waals surface area contributed by atoms with E-state index in [0.717, 1.165) is 24.6 Å². The Morgan fingerprint density at radius 3 is 2.76 bits per heavy atom. The Labute approximate surface area is 123 Å². The molecular formula is C10H14N6O4S. The second-order valence-electron chi connectivity index (χ2n) is 4.55. The number of hydrogen-bond donors (Lipinski definition) is 3. The van der Waals surface area contributed by atoms with Gasteiger partial charge in [0.25, 0.3) is 0 Å². The number of hydrogen-bond acceptors (Lipinski definition) is 7. The van der Waals surface area contributed by atoms with Crippen molar-refractivity contribution in [3.05, 3.63) is 0 Å². The second kappa shape index (κ2) is 6.52. The lowest BCUT2D eigenvalue weighted by molar-refractivity contribution is -0.143. The molecule has 114 valence electrons. The van der Waals surface area contributed by atoms with Crippen molar-refractivity contribution in [3.63, 3.8) is 0 Å².